The molecule has 98 valence electrons. The van der Waals surface area contributed by atoms with Crippen LogP contribution in [0.3, 0.4) is 0 Å². The molecule has 0 bridgehead atoms. The van der Waals surface area contributed by atoms with E-state index in [1.807, 2.05) is 0 Å². The van der Waals surface area contributed by atoms with E-state index in [9.17, 15) is 9.59 Å². The smallest absolute Gasteiger partial charge is 0.315 e. The minimum Gasteiger partial charge on any atom is -0.469 e. The Bertz CT molecular complexity index is 451. The molecule has 0 aliphatic carbocycles. The van der Waals surface area contributed by atoms with E-state index in [1.165, 1.54) is 7.11 Å². The van der Waals surface area contributed by atoms with Crippen LogP contribution in [0.1, 0.15) is 6.42 Å². The highest BCUT2D eigenvalue weighted by Gasteiger charge is 2.11. The first kappa shape index (κ1) is 14.3. The molecule has 0 saturated carbocycles. The van der Waals surface area contributed by atoms with E-state index in [1.54, 1.807) is 25.2 Å². The van der Waals surface area contributed by atoms with Gasteiger partial charge in [-0.2, -0.15) is 0 Å². The van der Waals surface area contributed by atoms with Gasteiger partial charge in [0, 0.05) is 17.6 Å². The molecule has 0 aliphatic rings. The molecule has 0 aromatic heterocycles. The minimum atomic E-state index is -0.582. The molecule has 18 heavy (non-hydrogen) atoms. The van der Waals surface area contributed by atoms with Crippen molar-refractivity contribution in [2.45, 2.75) is 11.3 Å². The van der Waals surface area contributed by atoms with Crippen molar-refractivity contribution in [3.05, 3.63) is 18.2 Å². The van der Waals surface area contributed by atoms with Gasteiger partial charge in [0.15, 0.2) is 0 Å². The molecular weight excluding hydrogens is 254 g/mol. The Balaban J connectivity index is 2.77. The van der Waals surface area contributed by atoms with Crippen LogP contribution in [0.4, 0.5) is 11.4 Å². The molecular formula is C11H15N3O3S. The molecule has 0 radical (unpaired) electrons. The fourth-order valence-corrected chi connectivity index (χ4v) is 1.72. The summed E-state index contributed by atoms with van der Waals surface area (Å²) >= 11 is 1.02. The molecule has 0 aliphatic heterocycles. The van der Waals surface area contributed by atoms with Gasteiger partial charge in [0.05, 0.1) is 12.8 Å². The lowest BCUT2D eigenvalue weighted by atomic mass is 10.2. The third-order valence-corrected chi connectivity index (χ3v) is 2.80. The van der Waals surface area contributed by atoms with Crippen molar-refractivity contribution in [2.24, 2.45) is 5.14 Å². The second-order valence-corrected chi connectivity index (χ2v) is 4.06. The van der Waals surface area contributed by atoms with Gasteiger partial charge in [-0.1, -0.05) is 0 Å². The Kier molecular flexibility index (Phi) is 5.47. The second-order valence-electron chi connectivity index (χ2n) is 3.38. The van der Waals surface area contributed by atoms with E-state index < -0.39 is 11.9 Å². The van der Waals surface area contributed by atoms with Crippen LogP contribution in [0, 0.1) is 0 Å². The number of carbonyl (C=O) groups is 2. The van der Waals surface area contributed by atoms with E-state index in [0.29, 0.717) is 10.6 Å². The molecule has 7 heteroatoms. The van der Waals surface area contributed by atoms with Gasteiger partial charge < -0.3 is 15.4 Å². The number of nitrogens with one attached hydrogen (secondary N) is 2. The van der Waals surface area contributed by atoms with E-state index in [0.717, 1.165) is 17.6 Å². The van der Waals surface area contributed by atoms with Crippen LogP contribution < -0.4 is 15.8 Å². The molecule has 4 N–H and O–H groups in total. The highest BCUT2D eigenvalue weighted by Crippen LogP contribution is 2.27. The van der Waals surface area contributed by atoms with Gasteiger partial charge in [0.1, 0.15) is 6.42 Å². The Morgan fingerprint density at radius 3 is 2.72 bits per heavy atom. The summed E-state index contributed by atoms with van der Waals surface area (Å²) in [6.45, 7) is 0. The molecule has 1 aromatic carbocycles. The fourth-order valence-electron chi connectivity index (χ4n) is 1.28. The van der Waals surface area contributed by atoms with Crippen LogP contribution in [0.15, 0.2) is 23.1 Å². The molecule has 0 heterocycles. The maximum absolute atomic E-state index is 11.5. The average Bonchev–Trinajstić information content (AvgIpc) is 2.38. The second kappa shape index (κ2) is 6.87. The summed E-state index contributed by atoms with van der Waals surface area (Å²) in [6.07, 6.45) is -0.320. The molecule has 1 rings (SSSR count). The van der Waals surface area contributed by atoms with Gasteiger partial charge >= 0.3 is 5.97 Å². The Labute approximate surface area is 109 Å². The minimum absolute atomic E-state index is 0.320. The zero-order valence-corrected chi connectivity index (χ0v) is 11.0. The summed E-state index contributed by atoms with van der Waals surface area (Å²) in [5.74, 6) is -1.02. The van der Waals surface area contributed by atoms with Crippen molar-refractivity contribution in [1.82, 2.24) is 0 Å². The SMILES string of the molecule is CNc1ccc(NC(=O)CC(=O)OC)c(SN)c1. The van der Waals surface area contributed by atoms with Crippen molar-refractivity contribution in [1.29, 1.82) is 0 Å². The van der Waals surface area contributed by atoms with Crippen LogP contribution in [0.5, 0.6) is 0 Å². The van der Waals surface area contributed by atoms with Crippen LogP contribution in [-0.2, 0) is 14.3 Å². The monoisotopic (exact) mass is 269 g/mol. The lowest BCUT2D eigenvalue weighted by Crippen LogP contribution is -2.17. The average molecular weight is 269 g/mol. The number of hydrogen-bond acceptors (Lipinski definition) is 6. The summed E-state index contributed by atoms with van der Waals surface area (Å²) in [5, 5.41) is 11.1. The number of rotatable bonds is 5. The number of amides is 1. The highest BCUT2D eigenvalue weighted by atomic mass is 32.2. The summed E-state index contributed by atoms with van der Waals surface area (Å²) in [6, 6.07) is 5.32. The third-order valence-electron chi connectivity index (χ3n) is 2.20. The van der Waals surface area contributed by atoms with Crippen LogP contribution >= 0.6 is 11.9 Å². The van der Waals surface area contributed by atoms with E-state index in [-0.39, 0.29) is 6.42 Å². The molecule has 6 nitrogen and oxygen atoms in total. The summed E-state index contributed by atoms with van der Waals surface area (Å²) in [4.78, 5) is 23.2. The zero-order valence-electron chi connectivity index (χ0n) is 10.1. The zero-order chi connectivity index (χ0) is 13.5. The number of esters is 1. The van der Waals surface area contributed by atoms with Gasteiger partial charge in [-0.3, -0.25) is 14.7 Å². The maximum atomic E-state index is 11.5. The summed E-state index contributed by atoms with van der Waals surface area (Å²) < 4.78 is 4.41. The number of ether oxygens (including phenoxy) is 1. The standard InChI is InChI=1S/C11H15N3O3S/c1-13-7-3-4-8(9(5-7)18-12)14-10(15)6-11(16)17-2/h3-5,13H,6,12H2,1-2H3,(H,14,15). The topological polar surface area (TPSA) is 93.4 Å². The lowest BCUT2D eigenvalue weighted by molar-refractivity contribution is -0.142. The first-order valence-electron chi connectivity index (χ1n) is 5.16. The predicted molar refractivity (Wildman–Crippen MR) is 71.3 cm³/mol. The molecule has 1 aromatic rings. The fraction of sp³-hybridized carbons (Fsp3) is 0.273. The number of methoxy groups -OCH3 is 1. The van der Waals surface area contributed by atoms with Gasteiger partial charge in [-0.05, 0) is 30.1 Å². The van der Waals surface area contributed by atoms with Crippen molar-refractivity contribution in [2.75, 3.05) is 24.8 Å². The Morgan fingerprint density at radius 1 is 1.44 bits per heavy atom. The van der Waals surface area contributed by atoms with Crippen molar-refractivity contribution >= 4 is 35.2 Å². The van der Waals surface area contributed by atoms with Crippen LogP contribution in [0.2, 0.25) is 0 Å². The molecule has 0 atom stereocenters. The molecule has 0 unspecified atom stereocenters. The third kappa shape index (κ3) is 3.94. The number of anilines is 2. The van der Waals surface area contributed by atoms with Gasteiger partial charge in [0.2, 0.25) is 5.91 Å². The van der Waals surface area contributed by atoms with Gasteiger partial charge in [0.25, 0.3) is 0 Å². The first-order chi connectivity index (χ1) is 8.60. The van der Waals surface area contributed by atoms with Crippen LogP contribution in [-0.4, -0.2) is 26.0 Å². The molecule has 0 spiro atoms. The number of carbonyl (C=O) groups excluding carboxylic acids is 2. The maximum Gasteiger partial charge on any atom is 0.315 e. The number of hydrogen-bond donors (Lipinski definition) is 3. The van der Waals surface area contributed by atoms with Gasteiger partial charge in [-0.15, -0.1) is 0 Å². The Hall–Kier alpha value is -1.73. The lowest BCUT2D eigenvalue weighted by Gasteiger charge is -2.10. The predicted octanol–water partition coefficient (Wildman–Crippen LogP) is 1.20. The largest absolute Gasteiger partial charge is 0.469 e. The van der Waals surface area contributed by atoms with Gasteiger partial charge in [-0.25, -0.2) is 0 Å². The van der Waals surface area contributed by atoms with Crippen LogP contribution in [0.25, 0.3) is 0 Å². The van der Waals surface area contributed by atoms with E-state index in [4.69, 9.17) is 5.14 Å². The van der Waals surface area contributed by atoms with E-state index >= 15 is 0 Å². The molecule has 0 fully saturated rings. The van der Waals surface area contributed by atoms with Crippen molar-refractivity contribution in [3.63, 3.8) is 0 Å². The highest BCUT2D eigenvalue weighted by molar-refractivity contribution is 7.97. The summed E-state index contributed by atoms with van der Waals surface area (Å²) in [7, 11) is 3.02. The quantitative estimate of drug-likeness (QED) is 0.422. The van der Waals surface area contributed by atoms with E-state index in [2.05, 4.69) is 15.4 Å². The first-order valence-corrected chi connectivity index (χ1v) is 6.04. The molecule has 0 saturated heterocycles. The number of nitrogens with two attached hydrogens (primary N) is 1. The summed E-state index contributed by atoms with van der Waals surface area (Å²) in [5.41, 5.74) is 1.45. The Morgan fingerprint density at radius 2 is 2.17 bits per heavy atom. The molecule has 1 amide bonds. The normalized spacial score (nSPS) is 9.72. The van der Waals surface area contributed by atoms with Crippen molar-refractivity contribution in [3.8, 4) is 0 Å². The number of benzene rings is 1. The van der Waals surface area contributed by atoms with Crippen molar-refractivity contribution < 1.29 is 14.3 Å².